The van der Waals surface area contributed by atoms with Crippen molar-refractivity contribution < 1.29 is 23.1 Å². The number of carbonyl (C=O) groups excluding carboxylic acids is 1. The first kappa shape index (κ1) is 26.7. The molecular weight excluding hydrogens is 472 g/mol. The van der Waals surface area contributed by atoms with Crippen molar-refractivity contribution in [2.45, 2.75) is 62.9 Å². The van der Waals surface area contributed by atoms with E-state index in [-0.39, 0.29) is 42.2 Å². The van der Waals surface area contributed by atoms with Crippen molar-refractivity contribution in [1.29, 1.82) is 0 Å². The van der Waals surface area contributed by atoms with Crippen LogP contribution in [0.4, 0.5) is 5.69 Å². The van der Waals surface area contributed by atoms with Crippen molar-refractivity contribution in [1.82, 2.24) is 9.62 Å². The number of hydrogen-bond donors (Lipinski definition) is 5. The Labute approximate surface area is 206 Å². The molecule has 2 heterocycles. The molecule has 1 unspecified atom stereocenters. The average Bonchev–Trinajstić information content (AvgIpc) is 2.79. The molecule has 1 aromatic rings. The summed E-state index contributed by atoms with van der Waals surface area (Å²) in [4.78, 5) is 30.7. The predicted molar refractivity (Wildman–Crippen MR) is 133 cm³/mol. The summed E-state index contributed by atoms with van der Waals surface area (Å²) in [7, 11) is -4.08. The summed E-state index contributed by atoms with van der Waals surface area (Å²) in [5.41, 5.74) is 12.2. The van der Waals surface area contributed by atoms with Crippen molar-refractivity contribution in [3.05, 3.63) is 23.8 Å². The zero-order chi connectivity index (χ0) is 25.8. The topological polar surface area (TPSA) is 180 Å². The maximum atomic E-state index is 13.5. The number of sulfonamides is 1. The van der Waals surface area contributed by atoms with Crippen LogP contribution in [0.5, 0.6) is 0 Å². The van der Waals surface area contributed by atoms with Gasteiger partial charge in [-0.2, -0.15) is 4.72 Å². The van der Waals surface area contributed by atoms with Crippen LogP contribution in [0.3, 0.4) is 0 Å². The van der Waals surface area contributed by atoms with E-state index in [2.05, 4.69) is 15.0 Å². The molecule has 0 bridgehead atoms. The van der Waals surface area contributed by atoms with Gasteiger partial charge in [-0.15, -0.1) is 0 Å². The second-order valence-electron chi connectivity index (χ2n) is 9.61. The Hall–Kier alpha value is -2.86. The van der Waals surface area contributed by atoms with Crippen molar-refractivity contribution >= 4 is 33.5 Å². The van der Waals surface area contributed by atoms with Gasteiger partial charge in [0.2, 0.25) is 15.9 Å². The maximum absolute atomic E-state index is 13.5. The van der Waals surface area contributed by atoms with Gasteiger partial charge in [-0.3, -0.25) is 9.79 Å². The Morgan fingerprint density at radius 1 is 1.29 bits per heavy atom. The molecule has 7 N–H and O–H groups in total. The number of aliphatic imine (C=N–C) groups is 1. The summed E-state index contributed by atoms with van der Waals surface area (Å²) >= 11 is 0. The third kappa shape index (κ3) is 6.63. The number of rotatable bonds is 9. The predicted octanol–water partition coefficient (Wildman–Crippen LogP) is 0.703. The monoisotopic (exact) mass is 508 g/mol. The van der Waals surface area contributed by atoms with Crippen molar-refractivity contribution in [3.8, 4) is 0 Å². The zero-order valence-corrected chi connectivity index (χ0v) is 21.1. The van der Waals surface area contributed by atoms with E-state index >= 15 is 0 Å². The number of likely N-dealkylation sites (tertiary alicyclic amines) is 1. The van der Waals surface area contributed by atoms with Crippen molar-refractivity contribution in [2.75, 3.05) is 25.0 Å². The standard InChI is InChI=1S/C23H36N6O5S/c1-14-8-10-29(19(12-14)22(31)32)21(30)18(6-4-9-26-23(24)25)28-35(33,34)20-7-3-5-17-16(20)11-15(2)13-27-17/h3,5,7,14-15,18-19,27-28H,4,6,8-13H2,1-2H3,(H,31,32)(H4,24,25,26)/t14-,15?,18+,19-/m1/s1. The molecule has 2 aliphatic heterocycles. The Morgan fingerprint density at radius 2 is 2.03 bits per heavy atom. The molecule has 2 aliphatic rings. The lowest BCUT2D eigenvalue weighted by molar-refractivity contribution is -0.153. The minimum atomic E-state index is -4.08. The highest BCUT2D eigenvalue weighted by Gasteiger charge is 2.39. The van der Waals surface area contributed by atoms with Gasteiger partial charge in [-0.1, -0.05) is 19.9 Å². The highest BCUT2D eigenvalue weighted by atomic mass is 32.2. The number of fused-ring (bicyclic) bond motifs is 1. The summed E-state index contributed by atoms with van der Waals surface area (Å²) in [5.74, 6) is -1.33. The fourth-order valence-corrected chi connectivity index (χ4v) is 6.22. The summed E-state index contributed by atoms with van der Waals surface area (Å²) in [6, 6.07) is 2.90. The molecule has 0 aliphatic carbocycles. The molecule has 0 radical (unpaired) electrons. The minimum absolute atomic E-state index is 0.0954. The Balaban J connectivity index is 1.89. The van der Waals surface area contributed by atoms with E-state index in [0.717, 1.165) is 12.2 Å². The van der Waals surface area contributed by atoms with Crippen LogP contribution in [0.2, 0.25) is 0 Å². The Morgan fingerprint density at radius 3 is 2.71 bits per heavy atom. The fourth-order valence-electron chi connectivity index (χ4n) is 4.73. The molecule has 35 heavy (non-hydrogen) atoms. The van der Waals surface area contributed by atoms with Crippen LogP contribution in [-0.2, 0) is 26.0 Å². The quantitative estimate of drug-likeness (QED) is 0.184. The molecule has 1 fully saturated rings. The molecule has 3 rings (SSSR count). The second-order valence-corrected chi connectivity index (χ2v) is 11.3. The highest BCUT2D eigenvalue weighted by Crippen LogP contribution is 2.31. The number of carboxylic acid groups (broad SMARTS) is 1. The number of nitrogens with one attached hydrogen (secondary N) is 2. The van der Waals surface area contributed by atoms with Crippen LogP contribution in [-0.4, -0.2) is 68.0 Å². The van der Waals surface area contributed by atoms with Gasteiger partial charge in [0.05, 0.1) is 4.90 Å². The SMILES string of the molecule is CC1CNc2cccc(S(=O)(=O)N[C@@H](CCCN=C(N)N)C(=O)N3CC[C@@H](C)C[C@@H]3C(=O)O)c2C1. The van der Waals surface area contributed by atoms with E-state index in [0.29, 0.717) is 31.2 Å². The number of benzene rings is 1. The molecule has 194 valence electrons. The number of nitrogens with zero attached hydrogens (tertiary/aromatic N) is 2. The molecule has 4 atom stereocenters. The molecule has 0 spiro atoms. The first-order valence-electron chi connectivity index (χ1n) is 12.0. The molecule has 1 aromatic carbocycles. The third-order valence-electron chi connectivity index (χ3n) is 6.59. The van der Waals surface area contributed by atoms with Gasteiger partial charge in [-0.05, 0) is 61.6 Å². The van der Waals surface area contributed by atoms with Crippen molar-refractivity contribution in [2.24, 2.45) is 28.3 Å². The van der Waals surface area contributed by atoms with Gasteiger partial charge < -0.3 is 26.8 Å². The molecule has 11 nitrogen and oxygen atoms in total. The van der Waals surface area contributed by atoms with Crippen LogP contribution in [0.25, 0.3) is 0 Å². The molecule has 0 saturated carbocycles. The van der Waals surface area contributed by atoms with E-state index in [1.807, 2.05) is 19.9 Å². The lowest BCUT2D eigenvalue weighted by atomic mass is 9.91. The summed E-state index contributed by atoms with van der Waals surface area (Å²) in [5, 5.41) is 13.0. The van der Waals surface area contributed by atoms with Gasteiger partial charge in [0.1, 0.15) is 12.1 Å². The average molecular weight is 509 g/mol. The van der Waals surface area contributed by atoms with Crippen LogP contribution in [0, 0.1) is 11.8 Å². The van der Waals surface area contributed by atoms with E-state index in [9.17, 15) is 23.1 Å². The molecule has 0 aromatic heterocycles. The summed E-state index contributed by atoms with van der Waals surface area (Å²) < 4.78 is 29.6. The number of nitrogens with two attached hydrogens (primary N) is 2. The number of hydrogen-bond acceptors (Lipinski definition) is 6. The lowest BCUT2D eigenvalue weighted by Gasteiger charge is -2.38. The van der Waals surface area contributed by atoms with Gasteiger partial charge >= 0.3 is 5.97 Å². The van der Waals surface area contributed by atoms with E-state index < -0.39 is 34.0 Å². The lowest BCUT2D eigenvalue weighted by Crippen LogP contribution is -2.56. The van der Waals surface area contributed by atoms with Crippen LogP contribution in [0.1, 0.15) is 45.1 Å². The highest BCUT2D eigenvalue weighted by molar-refractivity contribution is 7.89. The van der Waals surface area contributed by atoms with Gasteiger partial charge in [0.15, 0.2) is 5.96 Å². The summed E-state index contributed by atoms with van der Waals surface area (Å²) in [6.07, 6.45) is 2.03. The van der Waals surface area contributed by atoms with Crippen LogP contribution in [0.15, 0.2) is 28.1 Å². The number of anilines is 1. The number of amides is 1. The number of aliphatic carboxylic acids is 1. The van der Waals surface area contributed by atoms with Gasteiger partial charge in [0.25, 0.3) is 0 Å². The maximum Gasteiger partial charge on any atom is 0.326 e. The number of carbonyl (C=O) groups is 2. The minimum Gasteiger partial charge on any atom is -0.480 e. The van der Waals surface area contributed by atoms with Crippen LogP contribution >= 0.6 is 0 Å². The van der Waals surface area contributed by atoms with E-state index in [4.69, 9.17) is 11.5 Å². The van der Waals surface area contributed by atoms with E-state index in [1.165, 1.54) is 11.0 Å². The molecule has 1 amide bonds. The summed E-state index contributed by atoms with van der Waals surface area (Å²) in [6.45, 7) is 5.20. The largest absolute Gasteiger partial charge is 0.480 e. The van der Waals surface area contributed by atoms with Crippen LogP contribution < -0.4 is 21.5 Å². The number of piperidine rings is 1. The first-order chi connectivity index (χ1) is 16.5. The second kappa shape index (κ2) is 11.3. The molecular formula is C23H36N6O5S. The van der Waals surface area contributed by atoms with Gasteiger partial charge in [0, 0.05) is 25.3 Å². The fraction of sp³-hybridized carbons (Fsp3) is 0.609. The van der Waals surface area contributed by atoms with Crippen molar-refractivity contribution in [3.63, 3.8) is 0 Å². The third-order valence-corrected chi connectivity index (χ3v) is 8.15. The van der Waals surface area contributed by atoms with Gasteiger partial charge in [-0.25, -0.2) is 13.2 Å². The number of guanidine groups is 1. The molecule has 12 heteroatoms. The molecule has 1 saturated heterocycles. The smallest absolute Gasteiger partial charge is 0.326 e. The Bertz CT molecular complexity index is 1070. The number of carboxylic acids is 1. The van der Waals surface area contributed by atoms with E-state index in [1.54, 1.807) is 6.07 Å². The zero-order valence-electron chi connectivity index (χ0n) is 20.2. The first-order valence-corrected chi connectivity index (χ1v) is 13.4. The normalized spacial score (nSPS) is 23.0. The Kier molecular flexibility index (Phi) is 8.60.